The molecule has 0 unspecified atom stereocenters. The van der Waals surface area contributed by atoms with Gasteiger partial charge in [0.2, 0.25) is 0 Å². The molecule has 2 amide bonds. The van der Waals surface area contributed by atoms with Crippen LogP contribution >= 0.6 is 11.6 Å². The zero-order valence-corrected chi connectivity index (χ0v) is 15.0. The molecule has 0 radical (unpaired) electrons. The van der Waals surface area contributed by atoms with Crippen LogP contribution in [0, 0.1) is 0 Å². The summed E-state index contributed by atoms with van der Waals surface area (Å²) in [5, 5.41) is 5.63. The van der Waals surface area contributed by atoms with Crippen molar-refractivity contribution in [3.05, 3.63) is 53.1 Å². The van der Waals surface area contributed by atoms with Crippen molar-refractivity contribution in [2.75, 3.05) is 16.4 Å². The van der Waals surface area contributed by atoms with Crippen LogP contribution in [0.25, 0.3) is 0 Å². The molecule has 0 saturated heterocycles. The summed E-state index contributed by atoms with van der Waals surface area (Å²) < 4.78 is 5.22. The number of nitrogen functional groups attached to an aromatic ring is 1. The number of hydrogen-bond acceptors (Lipinski definition) is 4. The number of anilines is 3. The van der Waals surface area contributed by atoms with Crippen molar-refractivity contribution in [2.45, 2.75) is 26.4 Å². The second-order valence-electron chi connectivity index (χ2n) is 6.37. The van der Waals surface area contributed by atoms with Gasteiger partial charge in [0, 0.05) is 5.69 Å². The van der Waals surface area contributed by atoms with Crippen LogP contribution in [0.3, 0.4) is 0 Å². The summed E-state index contributed by atoms with van der Waals surface area (Å²) in [6, 6.07) is 11.4. The highest BCUT2D eigenvalue weighted by Gasteiger charge is 2.18. The van der Waals surface area contributed by atoms with Gasteiger partial charge in [0.1, 0.15) is 5.60 Å². The fraction of sp³-hybridized carbons (Fsp3) is 0.222. The summed E-state index contributed by atoms with van der Waals surface area (Å²) >= 11 is 6.04. The molecule has 2 aromatic carbocycles. The quantitative estimate of drug-likeness (QED) is 0.700. The normalized spacial score (nSPS) is 10.9. The Bertz CT molecular complexity index is 800. The minimum Gasteiger partial charge on any atom is -0.444 e. The van der Waals surface area contributed by atoms with Crippen LogP contribution < -0.4 is 16.4 Å². The van der Waals surface area contributed by atoms with E-state index in [1.807, 2.05) is 0 Å². The van der Waals surface area contributed by atoms with Crippen LogP contribution in [-0.4, -0.2) is 17.6 Å². The van der Waals surface area contributed by atoms with Crippen LogP contribution in [0.15, 0.2) is 42.5 Å². The van der Waals surface area contributed by atoms with Gasteiger partial charge in [0.25, 0.3) is 5.91 Å². The lowest BCUT2D eigenvalue weighted by atomic mass is 10.2. The smallest absolute Gasteiger partial charge is 0.412 e. The van der Waals surface area contributed by atoms with E-state index >= 15 is 0 Å². The first kappa shape index (κ1) is 18.6. The number of rotatable bonds is 3. The van der Waals surface area contributed by atoms with Gasteiger partial charge in [-0.15, -0.1) is 0 Å². The molecule has 0 fully saturated rings. The predicted molar refractivity (Wildman–Crippen MR) is 100 cm³/mol. The van der Waals surface area contributed by atoms with E-state index < -0.39 is 17.6 Å². The van der Waals surface area contributed by atoms with Gasteiger partial charge in [-0.1, -0.05) is 23.7 Å². The molecule has 0 aliphatic carbocycles. The van der Waals surface area contributed by atoms with E-state index in [1.54, 1.807) is 57.2 Å². The molecular formula is C18H20ClN3O3. The molecule has 25 heavy (non-hydrogen) atoms. The van der Waals surface area contributed by atoms with Crippen LogP contribution in [0.1, 0.15) is 31.1 Å². The first-order valence-corrected chi connectivity index (χ1v) is 7.99. The van der Waals surface area contributed by atoms with Crippen LogP contribution in [0.4, 0.5) is 21.9 Å². The fourth-order valence-corrected chi connectivity index (χ4v) is 2.24. The highest BCUT2D eigenvalue weighted by Crippen LogP contribution is 2.26. The Labute approximate surface area is 151 Å². The first-order valence-electron chi connectivity index (χ1n) is 7.61. The predicted octanol–water partition coefficient (Wildman–Crippen LogP) is 4.52. The summed E-state index contributed by atoms with van der Waals surface area (Å²) in [5.41, 5.74) is 6.59. The molecular weight excluding hydrogens is 342 g/mol. The first-order chi connectivity index (χ1) is 11.7. The molecule has 0 spiro atoms. The zero-order chi connectivity index (χ0) is 18.6. The maximum Gasteiger partial charge on any atom is 0.412 e. The summed E-state index contributed by atoms with van der Waals surface area (Å²) in [5.74, 6) is -0.400. The van der Waals surface area contributed by atoms with Crippen LogP contribution in [0.5, 0.6) is 0 Å². The third kappa shape index (κ3) is 5.39. The third-order valence-electron chi connectivity index (χ3n) is 3.05. The average molecular weight is 362 g/mol. The monoisotopic (exact) mass is 361 g/mol. The SMILES string of the molecule is CC(C)(C)OC(=O)Nc1cc(N)ccc1NC(=O)c1ccccc1Cl. The highest BCUT2D eigenvalue weighted by atomic mass is 35.5. The topological polar surface area (TPSA) is 93.4 Å². The Morgan fingerprint density at radius 1 is 1.04 bits per heavy atom. The Hall–Kier alpha value is -2.73. The molecule has 0 bridgehead atoms. The number of amides is 2. The summed E-state index contributed by atoms with van der Waals surface area (Å²) in [7, 11) is 0. The number of ether oxygens (including phenoxy) is 1. The molecule has 0 heterocycles. The molecule has 132 valence electrons. The van der Waals surface area contributed by atoms with E-state index in [-0.39, 0.29) is 0 Å². The second-order valence-corrected chi connectivity index (χ2v) is 6.77. The molecule has 0 aliphatic rings. The van der Waals surface area contributed by atoms with Gasteiger partial charge in [0.15, 0.2) is 0 Å². The third-order valence-corrected chi connectivity index (χ3v) is 3.38. The number of benzene rings is 2. The molecule has 0 saturated carbocycles. The number of hydrogen-bond donors (Lipinski definition) is 3. The van der Waals surface area contributed by atoms with E-state index in [0.29, 0.717) is 27.6 Å². The largest absolute Gasteiger partial charge is 0.444 e. The van der Waals surface area contributed by atoms with Gasteiger partial charge >= 0.3 is 6.09 Å². The lowest BCUT2D eigenvalue weighted by Crippen LogP contribution is -2.27. The number of halogens is 1. The minimum absolute atomic E-state index is 0.323. The molecule has 4 N–H and O–H groups in total. The molecule has 2 aromatic rings. The number of nitrogens with two attached hydrogens (primary N) is 1. The van der Waals surface area contributed by atoms with Gasteiger partial charge in [-0.05, 0) is 51.1 Å². The Balaban J connectivity index is 2.22. The van der Waals surface area contributed by atoms with Crippen molar-refractivity contribution in [3.63, 3.8) is 0 Å². The molecule has 6 nitrogen and oxygen atoms in total. The van der Waals surface area contributed by atoms with Crippen molar-refractivity contribution in [3.8, 4) is 0 Å². The van der Waals surface area contributed by atoms with E-state index in [0.717, 1.165) is 0 Å². The van der Waals surface area contributed by atoms with E-state index in [4.69, 9.17) is 22.1 Å². The highest BCUT2D eigenvalue weighted by molar-refractivity contribution is 6.34. The van der Waals surface area contributed by atoms with Crippen molar-refractivity contribution in [1.82, 2.24) is 0 Å². The van der Waals surface area contributed by atoms with Crippen molar-refractivity contribution in [1.29, 1.82) is 0 Å². The second kappa shape index (κ2) is 7.44. The number of nitrogens with one attached hydrogen (secondary N) is 2. The minimum atomic E-state index is -0.647. The summed E-state index contributed by atoms with van der Waals surface area (Å²) in [6.45, 7) is 5.27. The van der Waals surface area contributed by atoms with E-state index in [2.05, 4.69) is 10.6 Å². The summed E-state index contributed by atoms with van der Waals surface area (Å²) in [6.07, 6.45) is -0.647. The molecule has 0 aliphatic heterocycles. The number of carbonyl (C=O) groups is 2. The Morgan fingerprint density at radius 2 is 1.72 bits per heavy atom. The lowest BCUT2D eigenvalue weighted by molar-refractivity contribution is 0.0635. The Morgan fingerprint density at radius 3 is 2.36 bits per heavy atom. The molecule has 0 aromatic heterocycles. The van der Waals surface area contributed by atoms with Crippen LogP contribution in [0.2, 0.25) is 5.02 Å². The summed E-state index contributed by atoms with van der Waals surface area (Å²) in [4.78, 5) is 24.4. The van der Waals surface area contributed by atoms with Crippen LogP contribution in [-0.2, 0) is 4.74 Å². The molecule has 0 atom stereocenters. The molecule has 7 heteroatoms. The standard InChI is InChI=1S/C18H20ClN3O3/c1-18(2,3)25-17(24)22-15-10-11(20)8-9-14(15)21-16(23)12-6-4-5-7-13(12)19/h4-10H,20H2,1-3H3,(H,21,23)(H,22,24). The van der Waals surface area contributed by atoms with Gasteiger partial charge in [-0.3, -0.25) is 10.1 Å². The van der Waals surface area contributed by atoms with Crippen molar-refractivity contribution in [2.24, 2.45) is 0 Å². The van der Waals surface area contributed by atoms with Gasteiger partial charge in [-0.2, -0.15) is 0 Å². The van der Waals surface area contributed by atoms with E-state index in [9.17, 15) is 9.59 Å². The van der Waals surface area contributed by atoms with Crippen molar-refractivity contribution >= 4 is 40.7 Å². The zero-order valence-electron chi connectivity index (χ0n) is 14.2. The maximum atomic E-state index is 12.4. The lowest BCUT2D eigenvalue weighted by Gasteiger charge is -2.20. The van der Waals surface area contributed by atoms with Gasteiger partial charge in [-0.25, -0.2) is 4.79 Å². The van der Waals surface area contributed by atoms with Gasteiger partial charge < -0.3 is 15.8 Å². The van der Waals surface area contributed by atoms with E-state index in [1.165, 1.54) is 6.07 Å². The van der Waals surface area contributed by atoms with Gasteiger partial charge in [0.05, 0.1) is 22.0 Å². The Kier molecular flexibility index (Phi) is 5.54. The number of carbonyl (C=O) groups excluding carboxylic acids is 2. The average Bonchev–Trinajstić information content (AvgIpc) is 2.48. The maximum absolute atomic E-state index is 12.4. The van der Waals surface area contributed by atoms with Crippen molar-refractivity contribution < 1.29 is 14.3 Å². The fourth-order valence-electron chi connectivity index (χ4n) is 2.02. The molecule has 2 rings (SSSR count).